The lowest BCUT2D eigenvalue weighted by molar-refractivity contribution is 0.604. The van der Waals surface area contributed by atoms with Gasteiger partial charge in [0.1, 0.15) is 5.82 Å². The van der Waals surface area contributed by atoms with Crippen LogP contribution in [0.5, 0.6) is 0 Å². The van der Waals surface area contributed by atoms with E-state index in [1.807, 2.05) is 0 Å². The maximum absolute atomic E-state index is 5.89. The van der Waals surface area contributed by atoms with Gasteiger partial charge in [0, 0.05) is 5.92 Å². The summed E-state index contributed by atoms with van der Waals surface area (Å²) in [5, 5.41) is 7.10. The third kappa shape index (κ3) is 1.88. The molecule has 4 heteroatoms. The van der Waals surface area contributed by atoms with E-state index in [2.05, 4.69) is 22.1 Å². The molecule has 1 aromatic heterocycles. The van der Waals surface area contributed by atoms with Crippen LogP contribution in [0.2, 0.25) is 0 Å². The number of nitrogens with one attached hydrogen (secondary N) is 1. The minimum atomic E-state index is 0.00810. The predicted octanol–water partition coefficient (Wildman–Crippen LogP) is 1.48. The Morgan fingerprint density at radius 2 is 2.38 bits per heavy atom. The Kier molecular flexibility index (Phi) is 2.31. The Labute approximate surface area is 77.9 Å². The molecule has 4 nitrogen and oxygen atoms in total. The summed E-state index contributed by atoms with van der Waals surface area (Å²) in [5.41, 5.74) is 5.89. The standard InChI is InChI=1S/C9H16N4/c1-2-3-7(10)9-11-8(12-13-9)6-4-5-6/h6-7H,2-5,10H2,1H3,(H,11,12,13). The SMILES string of the molecule is CCCC(N)c1n[nH]c(C2CC2)n1. The largest absolute Gasteiger partial charge is 0.321 e. The average molecular weight is 180 g/mol. The van der Waals surface area contributed by atoms with Gasteiger partial charge in [-0.1, -0.05) is 13.3 Å². The van der Waals surface area contributed by atoms with Crippen LogP contribution in [0.25, 0.3) is 0 Å². The zero-order valence-corrected chi connectivity index (χ0v) is 7.95. The highest BCUT2D eigenvalue weighted by Crippen LogP contribution is 2.38. The molecule has 3 N–H and O–H groups in total. The summed E-state index contributed by atoms with van der Waals surface area (Å²) < 4.78 is 0. The van der Waals surface area contributed by atoms with Crippen molar-refractivity contribution in [1.29, 1.82) is 0 Å². The van der Waals surface area contributed by atoms with Crippen molar-refractivity contribution in [2.75, 3.05) is 0 Å². The second kappa shape index (κ2) is 3.46. The third-order valence-corrected chi connectivity index (χ3v) is 2.42. The average Bonchev–Trinajstić information content (AvgIpc) is 2.84. The lowest BCUT2D eigenvalue weighted by Gasteiger charge is -2.03. The molecule has 0 amide bonds. The second-order valence-electron chi connectivity index (χ2n) is 3.75. The second-order valence-corrected chi connectivity index (χ2v) is 3.75. The molecule has 1 aromatic rings. The highest BCUT2D eigenvalue weighted by atomic mass is 15.2. The van der Waals surface area contributed by atoms with Crippen molar-refractivity contribution in [3.63, 3.8) is 0 Å². The van der Waals surface area contributed by atoms with Crippen molar-refractivity contribution in [3.05, 3.63) is 11.6 Å². The van der Waals surface area contributed by atoms with Crippen molar-refractivity contribution in [2.45, 2.75) is 44.6 Å². The van der Waals surface area contributed by atoms with Crippen molar-refractivity contribution in [1.82, 2.24) is 15.2 Å². The minimum absolute atomic E-state index is 0.00810. The Morgan fingerprint density at radius 1 is 1.62 bits per heavy atom. The van der Waals surface area contributed by atoms with Gasteiger partial charge in [-0.3, -0.25) is 5.10 Å². The normalized spacial score (nSPS) is 18.9. The van der Waals surface area contributed by atoms with E-state index in [4.69, 9.17) is 5.73 Å². The topological polar surface area (TPSA) is 67.6 Å². The summed E-state index contributed by atoms with van der Waals surface area (Å²) in [7, 11) is 0. The van der Waals surface area contributed by atoms with Gasteiger partial charge in [-0.2, -0.15) is 5.10 Å². The van der Waals surface area contributed by atoms with E-state index in [1.165, 1.54) is 12.8 Å². The first-order chi connectivity index (χ1) is 6.31. The lowest BCUT2D eigenvalue weighted by atomic mass is 10.2. The first-order valence-corrected chi connectivity index (χ1v) is 4.99. The molecule has 1 aliphatic carbocycles. The lowest BCUT2D eigenvalue weighted by Crippen LogP contribution is -2.11. The van der Waals surface area contributed by atoms with Crippen LogP contribution in [0.3, 0.4) is 0 Å². The number of rotatable bonds is 4. The van der Waals surface area contributed by atoms with Gasteiger partial charge >= 0.3 is 0 Å². The summed E-state index contributed by atoms with van der Waals surface area (Å²) in [6.45, 7) is 2.12. The van der Waals surface area contributed by atoms with Crippen LogP contribution in [-0.2, 0) is 0 Å². The zero-order valence-electron chi connectivity index (χ0n) is 7.95. The first kappa shape index (κ1) is 8.69. The van der Waals surface area contributed by atoms with Crippen LogP contribution in [0.15, 0.2) is 0 Å². The smallest absolute Gasteiger partial charge is 0.167 e. The fourth-order valence-electron chi connectivity index (χ4n) is 1.43. The summed E-state index contributed by atoms with van der Waals surface area (Å²) >= 11 is 0. The Balaban J connectivity index is 2.03. The fraction of sp³-hybridized carbons (Fsp3) is 0.778. The number of nitrogens with two attached hydrogens (primary N) is 1. The van der Waals surface area contributed by atoms with E-state index in [-0.39, 0.29) is 6.04 Å². The molecule has 1 atom stereocenters. The van der Waals surface area contributed by atoms with Crippen molar-refractivity contribution < 1.29 is 0 Å². The molecular weight excluding hydrogens is 164 g/mol. The molecule has 0 aliphatic heterocycles. The van der Waals surface area contributed by atoms with Crippen LogP contribution in [0, 0.1) is 0 Å². The highest BCUT2D eigenvalue weighted by Gasteiger charge is 2.27. The maximum Gasteiger partial charge on any atom is 0.167 e. The van der Waals surface area contributed by atoms with Gasteiger partial charge in [-0.05, 0) is 19.3 Å². The van der Waals surface area contributed by atoms with E-state index in [0.717, 1.165) is 24.5 Å². The van der Waals surface area contributed by atoms with Crippen molar-refractivity contribution in [3.8, 4) is 0 Å². The van der Waals surface area contributed by atoms with Crippen LogP contribution < -0.4 is 5.73 Å². The van der Waals surface area contributed by atoms with Crippen LogP contribution in [-0.4, -0.2) is 15.2 Å². The summed E-state index contributed by atoms with van der Waals surface area (Å²) in [4.78, 5) is 4.40. The molecule has 0 radical (unpaired) electrons. The Morgan fingerprint density at radius 3 is 3.00 bits per heavy atom. The van der Waals surface area contributed by atoms with Crippen LogP contribution >= 0.6 is 0 Å². The number of hydrogen-bond acceptors (Lipinski definition) is 3. The molecule has 0 aromatic carbocycles. The van der Waals surface area contributed by atoms with E-state index < -0.39 is 0 Å². The molecule has 2 rings (SSSR count). The van der Waals surface area contributed by atoms with Gasteiger partial charge in [0.05, 0.1) is 6.04 Å². The van der Waals surface area contributed by atoms with Gasteiger partial charge in [0.25, 0.3) is 0 Å². The predicted molar refractivity (Wildman–Crippen MR) is 50.2 cm³/mol. The van der Waals surface area contributed by atoms with Crippen molar-refractivity contribution in [2.24, 2.45) is 5.73 Å². The molecule has 72 valence electrons. The van der Waals surface area contributed by atoms with Crippen LogP contribution in [0.1, 0.15) is 56.2 Å². The molecule has 1 saturated carbocycles. The molecule has 0 spiro atoms. The van der Waals surface area contributed by atoms with E-state index >= 15 is 0 Å². The van der Waals surface area contributed by atoms with Crippen LogP contribution in [0.4, 0.5) is 0 Å². The third-order valence-electron chi connectivity index (χ3n) is 2.42. The minimum Gasteiger partial charge on any atom is -0.321 e. The van der Waals surface area contributed by atoms with Gasteiger partial charge < -0.3 is 5.73 Å². The van der Waals surface area contributed by atoms with Crippen molar-refractivity contribution >= 4 is 0 Å². The van der Waals surface area contributed by atoms with Gasteiger partial charge in [-0.25, -0.2) is 4.98 Å². The zero-order chi connectivity index (χ0) is 9.26. The monoisotopic (exact) mass is 180 g/mol. The summed E-state index contributed by atoms with van der Waals surface area (Å²) in [6, 6.07) is 0.00810. The Hall–Kier alpha value is -0.900. The fourth-order valence-corrected chi connectivity index (χ4v) is 1.43. The molecule has 0 bridgehead atoms. The molecule has 1 heterocycles. The number of hydrogen-bond donors (Lipinski definition) is 2. The number of aromatic nitrogens is 3. The summed E-state index contributed by atoms with van der Waals surface area (Å²) in [5.74, 6) is 2.44. The van der Waals surface area contributed by atoms with E-state index in [0.29, 0.717) is 5.92 Å². The quantitative estimate of drug-likeness (QED) is 0.737. The molecular formula is C9H16N4. The molecule has 0 saturated heterocycles. The van der Waals surface area contributed by atoms with Gasteiger partial charge in [0.2, 0.25) is 0 Å². The Bertz CT molecular complexity index is 277. The van der Waals surface area contributed by atoms with E-state index in [1.54, 1.807) is 0 Å². The number of nitrogens with zero attached hydrogens (tertiary/aromatic N) is 2. The maximum atomic E-state index is 5.89. The first-order valence-electron chi connectivity index (χ1n) is 4.99. The summed E-state index contributed by atoms with van der Waals surface area (Å²) in [6.07, 6.45) is 4.53. The van der Waals surface area contributed by atoms with Gasteiger partial charge in [0.15, 0.2) is 5.82 Å². The molecule has 1 fully saturated rings. The number of H-pyrrole nitrogens is 1. The van der Waals surface area contributed by atoms with E-state index in [9.17, 15) is 0 Å². The molecule has 1 unspecified atom stereocenters. The van der Waals surface area contributed by atoms with Gasteiger partial charge in [-0.15, -0.1) is 0 Å². The number of aromatic amines is 1. The molecule has 1 aliphatic rings. The molecule has 13 heavy (non-hydrogen) atoms. The highest BCUT2D eigenvalue weighted by molar-refractivity contribution is 5.06.